The van der Waals surface area contributed by atoms with Crippen LogP contribution in [-0.4, -0.2) is 103 Å². The highest BCUT2D eigenvalue weighted by Crippen LogP contribution is 2.41. The van der Waals surface area contributed by atoms with Gasteiger partial charge < -0.3 is 24.2 Å². The van der Waals surface area contributed by atoms with Gasteiger partial charge in [0.1, 0.15) is 12.4 Å². The van der Waals surface area contributed by atoms with E-state index in [1.807, 2.05) is 0 Å². The number of anilines is 2. The number of nitriles is 1. The Bertz CT molecular complexity index is 1340. The predicted octanol–water partition coefficient (Wildman–Crippen LogP) is 2.79. The molecule has 42 heavy (non-hydrogen) atoms. The number of hydrogen-bond acceptors (Lipinski definition) is 9. The van der Waals surface area contributed by atoms with Crippen LogP contribution in [0.1, 0.15) is 42.5 Å². The normalized spacial score (nSPS) is 24.1. The first-order valence-electron chi connectivity index (χ1n) is 15.3. The summed E-state index contributed by atoms with van der Waals surface area (Å²) in [6, 6.07) is 11.6. The molecule has 0 spiro atoms. The Morgan fingerprint density at radius 1 is 1.19 bits per heavy atom. The molecule has 1 aliphatic carbocycles. The van der Waals surface area contributed by atoms with E-state index >= 15 is 0 Å². The molecule has 1 aromatic heterocycles. The van der Waals surface area contributed by atoms with Crippen LogP contribution in [0.3, 0.4) is 0 Å². The van der Waals surface area contributed by atoms with E-state index in [0.717, 1.165) is 70.2 Å². The summed E-state index contributed by atoms with van der Waals surface area (Å²) >= 11 is 0. The summed E-state index contributed by atoms with van der Waals surface area (Å²) in [5.74, 6) is 1.27. The molecule has 0 N–H and O–H groups in total. The molecule has 3 aliphatic heterocycles. The number of nitrogens with zero attached hydrogens (tertiary/aromatic N) is 7. The second-order valence-corrected chi connectivity index (χ2v) is 11.8. The highest BCUT2D eigenvalue weighted by atomic mass is 16.5. The molecule has 222 valence electrons. The lowest BCUT2D eigenvalue weighted by Gasteiger charge is -2.42. The lowest BCUT2D eigenvalue weighted by atomic mass is 9.90. The second-order valence-electron chi connectivity index (χ2n) is 11.8. The Labute approximate surface area is 248 Å². The molecule has 0 radical (unpaired) electrons. The van der Waals surface area contributed by atoms with Crippen molar-refractivity contribution in [3.05, 3.63) is 53.7 Å². The molecule has 4 aliphatic rings. The predicted molar refractivity (Wildman–Crippen MR) is 161 cm³/mol. The van der Waals surface area contributed by atoms with Crippen molar-refractivity contribution < 1.29 is 14.3 Å². The standard InChI is InChI=1S/C32H41N7O3/c1-3-30(40)38-13-12-37(22-25(38)10-11-33)31-27-9-8-24(39-21-23(2)26-6-4-5-7-29(26)39)20-28(27)34-32(35-31)42-19-16-36-14-17-41-18-15-36/h3-7,23-25H,1,8-10,12-22H2,2H3/t23-,24-,25-/m0/s1. The summed E-state index contributed by atoms with van der Waals surface area (Å²) in [5.41, 5.74) is 4.99. The van der Waals surface area contributed by atoms with Gasteiger partial charge in [-0.3, -0.25) is 9.69 Å². The smallest absolute Gasteiger partial charge is 0.318 e. The average Bonchev–Trinajstić information content (AvgIpc) is 3.37. The average molecular weight is 572 g/mol. The number of morpholine rings is 1. The van der Waals surface area contributed by atoms with Crippen molar-refractivity contribution in [3.8, 4) is 12.1 Å². The van der Waals surface area contributed by atoms with Crippen molar-refractivity contribution >= 4 is 17.4 Å². The molecule has 6 rings (SSSR count). The largest absolute Gasteiger partial charge is 0.462 e. The van der Waals surface area contributed by atoms with Crippen LogP contribution in [0.15, 0.2) is 36.9 Å². The van der Waals surface area contributed by atoms with Gasteiger partial charge in [-0.25, -0.2) is 0 Å². The lowest BCUT2D eigenvalue weighted by Crippen LogP contribution is -2.55. The molecule has 10 heteroatoms. The number of para-hydroxylation sites is 1. The molecule has 10 nitrogen and oxygen atoms in total. The summed E-state index contributed by atoms with van der Waals surface area (Å²) in [5, 5.41) is 9.52. The van der Waals surface area contributed by atoms with E-state index in [1.165, 1.54) is 22.9 Å². The number of hydrogen-bond donors (Lipinski definition) is 0. The molecular weight excluding hydrogens is 530 g/mol. The number of aromatic nitrogens is 2. The van der Waals surface area contributed by atoms with Crippen LogP contribution in [0.25, 0.3) is 0 Å². The third-order valence-corrected chi connectivity index (χ3v) is 9.20. The number of fused-ring (bicyclic) bond motifs is 2. The number of carbonyl (C=O) groups is 1. The van der Waals surface area contributed by atoms with Gasteiger partial charge in [-0.05, 0) is 30.5 Å². The Morgan fingerprint density at radius 2 is 2.02 bits per heavy atom. The van der Waals surface area contributed by atoms with Crippen molar-refractivity contribution in [2.75, 3.05) is 75.4 Å². The topological polar surface area (TPSA) is 98.1 Å². The zero-order chi connectivity index (χ0) is 29.1. The van der Waals surface area contributed by atoms with Gasteiger partial charge in [-0.15, -0.1) is 0 Å². The van der Waals surface area contributed by atoms with Crippen molar-refractivity contribution in [1.29, 1.82) is 5.26 Å². The van der Waals surface area contributed by atoms with Crippen LogP contribution in [0.2, 0.25) is 0 Å². The molecular formula is C32H41N7O3. The number of ether oxygens (including phenoxy) is 2. The van der Waals surface area contributed by atoms with Gasteiger partial charge in [0.2, 0.25) is 5.91 Å². The molecule has 2 aromatic rings. The highest BCUT2D eigenvalue weighted by Gasteiger charge is 2.36. The number of rotatable bonds is 8. The van der Waals surface area contributed by atoms with E-state index < -0.39 is 0 Å². The number of benzene rings is 1. The van der Waals surface area contributed by atoms with E-state index in [1.54, 1.807) is 4.90 Å². The zero-order valence-corrected chi connectivity index (χ0v) is 24.6. The number of piperazine rings is 1. The fraction of sp³-hybridized carbons (Fsp3) is 0.562. The van der Waals surface area contributed by atoms with Crippen molar-refractivity contribution in [1.82, 2.24) is 19.8 Å². The summed E-state index contributed by atoms with van der Waals surface area (Å²) < 4.78 is 11.7. The van der Waals surface area contributed by atoms with Gasteiger partial charge in [0, 0.05) is 75.4 Å². The fourth-order valence-electron chi connectivity index (χ4n) is 6.98. The maximum atomic E-state index is 12.5. The van der Waals surface area contributed by atoms with Gasteiger partial charge >= 0.3 is 6.01 Å². The first kappa shape index (κ1) is 28.4. The van der Waals surface area contributed by atoms with Crippen LogP contribution in [-0.2, 0) is 22.4 Å². The van der Waals surface area contributed by atoms with E-state index in [-0.39, 0.29) is 18.4 Å². The van der Waals surface area contributed by atoms with E-state index in [4.69, 9.17) is 19.4 Å². The molecule has 0 unspecified atom stereocenters. The van der Waals surface area contributed by atoms with Crippen LogP contribution < -0.4 is 14.5 Å². The summed E-state index contributed by atoms with van der Waals surface area (Å²) in [6.07, 6.45) is 4.34. The van der Waals surface area contributed by atoms with Gasteiger partial charge in [0.25, 0.3) is 0 Å². The second kappa shape index (κ2) is 12.7. The molecule has 2 fully saturated rings. The first-order chi connectivity index (χ1) is 20.6. The number of carbonyl (C=O) groups excluding carboxylic acids is 1. The quantitative estimate of drug-likeness (QED) is 0.443. The van der Waals surface area contributed by atoms with E-state index in [0.29, 0.717) is 44.2 Å². The molecule has 0 bridgehead atoms. The minimum atomic E-state index is -0.218. The highest BCUT2D eigenvalue weighted by molar-refractivity contribution is 5.87. The zero-order valence-electron chi connectivity index (χ0n) is 24.6. The molecule has 1 amide bonds. The minimum Gasteiger partial charge on any atom is -0.462 e. The fourth-order valence-corrected chi connectivity index (χ4v) is 6.98. The summed E-state index contributed by atoms with van der Waals surface area (Å²) in [4.78, 5) is 31.4. The molecule has 4 heterocycles. The summed E-state index contributed by atoms with van der Waals surface area (Å²) in [7, 11) is 0. The van der Waals surface area contributed by atoms with E-state index in [9.17, 15) is 10.1 Å². The van der Waals surface area contributed by atoms with Crippen molar-refractivity contribution in [3.63, 3.8) is 0 Å². The Balaban J connectivity index is 1.26. The number of amides is 1. The van der Waals surface area contributed by atoms with Crippen molar-refractivity contribution in [2.45, 2.75) is 50.6 Å². The SMILES string of the molecule is C=CC(=O)N1CCN(c2nc(OCCN3CCOCC3)nc3c2CC[C@H](N2C[C@H](C)c4ccccc42)C3)C[C@@H]1CC#N. The van der Waals surface area contributed by atoms with Gasteiger partial charge in [0.15, 0.2) is 0 Å². The van der Waals surface area contributed by atoms with Crippen LogP contribution in [0.5, 0.6) is 6.01 Å². The Morgan fingerprint density at radius 3 is 2.83 bits per heavy atom. The summed E-state index contributed by atoms with van der Waals surface area (Å²) in [6.45, 7) is 13.3. The molecule has 2 saturated heterocycles. The van der Waals surface area contributed by atoms with Crippen molar-refractivity contribution in [2.24, 2.45) is 0 Å². The maximum Gasteiger partial charge on any atom is 0.318 e. The van der Waals surface area contributed by atoms with Gasteiger partial charge in [-0.1, -0.05) is 31.7 Å². The van der Waals surface area contributed by atoms with E-state index in [2.05, 4.69) is 58.5 Å². The maximum absolute atomic E-state index is 12.5. The minimum absolute atomic E-state index is 0.130. The third-order valence-electron chi connectivity index (χ3n) is 9.20. The van der Waals surface area contributed by atoms with Crippen LogP contribution in [0.4, 0.5) is 11.5 Å². The van der Waals surface area contributed by atoms with Gasteiger partial charge in [-0.2, -0.15) is 15.2 Å². The lowest BCUT2D eigenvalue weighted by molar-refractivity contribution is -0.128. The molecule has 1 aromatic carbocycles. The Hall–Kier alpha value is -3.68. The molecule has 3 atom stereocenters. The first-order valence-corrected chi connectivity index (χ1v) is 15.3. The van der Waals surface area contributed by atoms with Crippen LogP contribution >= 0.6 is 0 Å². The molecule has 0 saturated carbocycles. The third kappa shape index (κ3) is 5.81. The van der Waals surface area contributed by atoms with Gasteiger partial charge in [0.05, 0.1) is 37.4 Å². The Kier molecular flexibility index (Phi) is 8.58. The monoisotopic (exact) mass is 571 g/mol. The van der Waals surface area contributed by atoms with Crippen LogP contribution in [0, 0.1) is 11.3 Å².